The van der Waals surface area contributed by atoms with Gasteiger partial charge in [-0.3, -0.25) is 0 Å². The van der Waals surface area contributed by atoms with Gasteiger partial charge in [0, 0.05) is 18.8 Å². The summed E-state index contributed by atoms with van der Waals surface area (Å²) in [5.74, 6) is 0.655. The third kappa shape index (κ3) is 3.07. The van der Waals surface area contributed by atoms with Crippen molar-refractivity contribution in [3.8, 4) is 0 Å². The van der Waals surface area contributed by atoms with Crippen molar-refractivity contribution < 1.29 is 8.42 Å². The first-order valence-electron chi connectivity index (χ1n) is 7.06. The van der Waals surface area contributed by atoms with E-state index in [1.807, 2.05) is 6.07 Å². The second kappa shape index (κ2) is 6.01. The molecular weight excluding hydrogens is 274 g/mol. The monoisotopic (exact) mass is 297 g/mol. The van der Waals surface area contributed by atoms with E-state index in [0.29, 0.717) is 11.6 Å². The number of sulfonamides is 1. The number of nitrogens with zero attached hydrogens (tertiary/aromatic N) is 1. The number of rotatable bonds is 5. The van der Waals surface area contributed by atoms with Gasteiger partial charge in [0.2, 0.25) is 10.0 Å². The molecular formula is C14H23N3O2S. The van der Waals surface area contributed by atoms with Crippen LogP contribution in [0.5, 0.6) is 0 Å². The van der Waals surface area contributed by atoms with Crippen molar-refractivity contribution in [3.05, 3.63) is 18.2 Å². The standard InChI is InChI=1S/C14H23N3O2S/c1-3-4-11-7-8-17(10-11)13-6-5-12(15)9-14(13)20(18,19)16-2/h5-6,9,11,16H,3-4,7-8,10,15H2,1-2H3. The van der Waals surface area contributed by atoms with E-state index in [2.05, 4.69) is 16.5 Å². The average Bonchev–Trinajstić information content (AvgIpc) is 2.87. The fraction of sp³-hybridized carbons (Fsp3) is 0.571. The highest BCUT2D eigenvalue weighted by Crippen LogP contribution is 2.32. The summed E-state index contributed by atoms with van der Waals surface area (Å²) in [7, 11) is -2.07. The summed E-state index contributed by atoms with van der Waals surface area (Å²) in [6.07, 6.45) is 3.48. The van der Waals surface area contributed by atoms with Gasteiger partial charge in [-0.2, -0.15) is 0 Å². The molecule has 6 heteroatoms. The molecule has 0 bridgehead atoms. The van der Waals surface area contributed by atoms with Gasteiger partial charge >= 0.3 is 0 Å². The first-order valence-corrected chi connectivity index (χ1v) is 8.54. The van der Waals surface area contributed by atoms with Crippen LogP contribution in [-0.4, -0.2) is 28.6 Å². The quantitative estimate of drug-likeness (QED) is 0.813. The van der Waals surface area contributed by atoms with Crippen LogP contribution in [0.1, 0.15) is 26.2 Å². The van der Waals surface area contributed by atoms with Crippen LogP contribution in [0.25, 0.3) is 0 Å². The maximum atomic E-state index is 12.1. The first-order chi connectivity index (χ1) is 9.47. The minimum Gasteiger partial charge on any atom is -0.399 e. The lowest BCUT2D eigenvalue weighted by Gasteiger charge is -2.22. The molecule has 1 fully saturated rings. The summed E-state index contributed by atoms with van der Waals surface area (Å²) in [5.41, 5.74) is 6.96. The second-order valence-electron chi connectivity index (χ2n) is 5.32. The minimum absolute atomic E-state index is 0.275. The molecule has 2 rings (SSSR count). The Labute approximate surface area is 121 Å². The molecule has 0 aliphatic carbocycles. The number of hydrogen-bond acceptors (Lipinski definition) is 4. The van der Waals surface area contributed by atoms with E-state index in [1.54, 1.807) is 6.07 Å². The predicted octanol–water partition coefficient (Wildman–Crippen LogP) is 1.80. The lowest BCUT2D eigenvalue weighted by molar-refractivity contribution is 0.529. The van der Waals surface area contributed by atoms with E-state index < -0.39 is 10.0 Å². The molecule has 3 N–H and O–H groups in total. The highest BCUT2D eigenvalue weighted by atomic mass is 32.2. The summed E-state index contributed by atoms with van der Waals surface area (Å²) in [6.45, 7) is 4.01. The van der Waals surface area contributed by atoms with E-state index in [9.17, 15) is 8.42 Å². The Bertz CT molecular complexity index is 572. The lowest BCUT2D eigenvalue weighted by Crippen LogP contribution is -2.26. The van der Waals surface area contributed by atoms with Gasteiger partial charge in [-0.05, 0) is 44.0 Å². The van der Waals surface area contributed by atoms with E-state index in [1.165, 1.54) is 26.0 Å². The zero-order valence-corrected chi connectivity index (χ0v) is 12.9. The molecule has 0 radical (unpaired) electrons. The van der Waals surface area contributed by atoms with Crippen LogP contribution in [0.2, 0.25) is 0 Å². The van der Waals surface area contributed by atoms with E-state index >= 15 is 0 Å². The molecule has 1 aliphatic heterocycles. The molecule has 0 amide bonds. The zero-order chi connectivity index (χ0) is 14.8. The minimum atomic E-state index is -3.49. The Morgan fingerprint density at radius 2 is 2.20 bits per heavy atom. The zero-order valence-electron chi connectivity index (χ0n) is 12.1. The lowest BCUT2D eigenvalue weighted by atomic mass is 10.0. The summed E-state index contributed by atoms with van der Waals surface area (Å²) in [5, 5.41) is 0. The third-order valence-corrected chi connectivity index (χ3v) is 5.31. The van der Waals surface area contributed by atoms with Crippen molar-refractivity contribution in [1.29, 1.82) is 0 Å². The summed E-state index contributed by atoms with van der Waals surface area (Å²) >= 11 is 0. The Kier molecular flexibility index (Phi) is 4.55. The third-order valence-electron chi connectivity index (χ3n) is 3.87. The van der Waals surface area contributed by atoms with Gasteiger partial charge in [-0.25, -0.2) is 13.1 Å². The van der Waals surface area contributed by atoms with Gasteiger partial charge < -0.3 is 10.6 Å². The predicted molar refractivity (Wildman–Crippen MR) is 82.3 cm³/mol. The molecule has 0 spiro atoms. The smallest absolute Gasteiger partial charge is 0.242 e. The summed E-state index contributed by atoms with van der Waals surface area (Å²) in [6, 6.07) is 5.11. The van der Waals surface area contributed by atoms with E-state index in [4.69, 9.17) is 5.73 Å². The van der Waals surface area contributed by atoms with Crippen molar-refractivity contribution >= 4 is 21.4 Å². The Hall–Kier alpha value is -1.27. The van der Waals surface area contributed by atoms with Gasteiger partial charge in [0.15, 0.2) is 0 Å². The topological polar surface area (TPSA) is 75.4 Å². The van der Waals surface area contributed by atoms with Gasteiger partial charge in [-0.15, -0.1) is 0 Å². The van der Waals surface area contributed by atoms with Gasteiger partial charge in [0.25, 0.3) is 0 Å². The van der Waals surface area contributed by atoms with Crippen molar-refractivity contribution in [3.63, 3.8) is 0 Å². The Balaban J connectivity index is 2.33. The highest BCUT2D eigenvalue weighted by Gasteiger charge is 2.27. The molecule has 20 heavy (non-hydrogen) atoms. The highest BCUT2D eigenvalue weighted by molar-refractivity contribution is 7.89. The van der Waals surface area contributed by atoms with Crippen LogP contribution in [0.15, 0.2) is 23.1 Å². The first kappa shape index (κ1) is 15.1. The van der Waals surface area contributed by atoms with Gasteiger partial charge in [0.1, 0.15) is 4.90 Å². The van der Waals surface area contributed by atoms with Crippen LogP contribution in [0.4, 0.5) is 11.4 Å². The second-order valence-corrected chi connectivity index (χ2v) is 7.18. The number of anilines is 2. The van der Waals surface area contributed by atoms with Crippen LogP contribution >= 0.6 is 0 Å². The molecule has 1 heterocycles. The fourth-order valence-corrected chi connectivity index (χ4v) is 3.80. The normalized spacial score (nSPS) is 19.5. The van der Waals surface area contributed by atoms with Crippen molar-refractivity contribution in [1.82, 2.24) is 4.72 Å². The molecule has 1 saturated heterocycles. The molecule has 1 aromatic carbocycles. The van der Waals surface area contributed by atoms with Crippen molar-refractivity contribution in [2.24, 2.45) is 5.92 Å². The van der Waals surface area contributed by atoms with Crippen LogP contribution in [0.3, 0.4) is 0 Å². The summed E-state index contributed by atoms with van der Waals surface area (Å²) < 4.78 is 26.7. The van der Waals surface area contributed by atoms with Crippen molar-refractivity contribution in [2.75, 3.05) is 30.8 Å². The molecule has 1 aromatic rings. The Morgan fingerprint density at radius 1 is 1.45 bits per heavy atom. The molecule has 112 valence electrons. The number of nitrogens with one attached hydrogen (secondary N) is 1. The van der Waals surface area contributed by atoms with Gasteiger partial charge in [-0.1, -0.05) is 13.3 Å². The largest absolute Gasteiger partial charge is 0.399 e. The Morgan fingerprint density at radius 3 is 2.85 bits per heavy atom. The molecule has 0 aromatic heterocycles. The van der Waals surface area contributed by atoms with E-state index in [-0.39, 0.29) is 4.90 Å². The average molecular weight is 297 g/mol. The number of nitrogens with two attached hydrogens (primary N) is 1. The number of benzene rings is 1. The summed E-state index contributed by atoms with van der Waals surface area (Å²) in [4.78, 5) is 2.43. The number of nitrogen functional groups attached to an aromatic ring is 1. The molecule has 5 nitrogen and oxygen atoms in total. The molecule has 0 saturated carbocycles. The van der Waals surface area contributed by atoms with Crippen LogP contribution < -0.4 is 15.4 Å². The maximum Gasteiger partial charge on any atom is 0.242 e. The fourth-order valence-electron chi connectivity index (χ4n) is 2.81. The van der Waals surface area contributed by atoms with Crippen LogP contribution in [-0.2, 0) is 10.0 Å². The SMILES string of the molecule is CCCC1CCN(c2ccc(N)cc2S(=O)(=O)NC)C1. The van der Waals surface area contributed by atoms with Gasteiger partial charge in [0.05, 0.1) is 5.69 Å². The molecule has 1 unspecified atom stereocenters. The number of hydrogen-bond donors (Lipinski definition) is 2. The van der Waals surface area contributed by atoms with Crippen molar-refractivity contribution in [2.45, 2.75) is 31.1 Å². The molecule has 1 atom stereocenters. The van der Waals surface area contributed by atoms with Crippen LogP contribution in [0, 0.1) is 5.92 Å². The molecule has 1 aliphatic rings. The van der Waals surface area contributed by atoms with E-state index in [0.717, 1.165) is 25.2 Å². The maximum absolute atomic E-state index is 12.1.